The molecule has 0 saturated carbocycles. The molecule has 2 heterocycles. The van der Waals surface area contributed by atoms with Crippen molar-refractivity contribution in [2.75, 3.05) is 26.8 Å². The van der Waals surface area contributed by atoms with Crippen LogP contribution >= 0.6 is 11.3 Å². The van der Waals surface area contributed by atoms with Crippen molar-refractivity contribution >= 4 is 27.3 Å². The molecule has 20 heavy (non-hydrogen) atoms. The number of thiophene rings is 1. The summed E-state index contributed by atoms with van der Waals surface area (Å²) in [6.07, 6.45) is 0.767. The largest absolute Gasteiger partial charge is 0.477 e. The van der Waals surface area contributed by atoms with Crippen molar-refractivity contribution in [3.05, 3.63) is 16.5 Å². The molecule has 0 amide bonds. The normalized spacial score (nSPS) is 20.4. The third kappa shape index (κ3) is 2.88. The molecule has 1 aromatic rings. The van der Waals surface area contributed by atoms with Gasteiger partial charge >= 0.3 is 5.97 Å². The number of aromatic carboxylic acids is 1. The van der Waals surface area contributed by atoms with Gasteiger partial charge in [0.15, 0.2) is 0 Å². The van der Waals surface area contributed by atoms with Gasteiger partial charge in [0, 0.05) is 20.2 Å². The van der Waals surface area contributed by atoms with Gasteiger partial charge in [-0.3, -0.25) is 0 Å². The number of methoxy groups -OCH3 is 1. The number of nitrogens with zero attached hydrogens (tertiary/aromatic N) is 1. The lowest BCUT2D eigenvalue weighted by atomic mass is 10.1. The van der Waals surface area contributed by atoms with Crippen LogP contribution in [0.15, 0.2) is 10.3 Å². The number of carboxylic acids is 1. The molecule has 1 aromatic heterocycles. The van der Waals surface area contributed by atoms with Crippen LogP contribution in [0.3, 0.4) is 0 Å². The molecule has 1 aliphatic rings. The van der Waals surface area contributed by atoms with E-state index in [0.29, 0.717) is 25.3 Å². The van der Waals surface area contributed by atoms with Crippen LogP contribution in [0, 0.1) is 12.8 Å². The van der Waals surface area contributed by atoms with Crippen LogP contribution in [0.1, 0.15) is 21.7 Å². The van der Waals surface area contributed by atoms with Crippen molar-refractivity contribution in [2.24, 2.45) is 5.92 Å². The van der Waals surface area contributed by atoms with Gasteiger partial charge in [0.25, 0.3) is 10.0 Å². The quantitative estimate of drug-likeness (QED) is 0.887. The Bertz CT molecular complexity index is 607. The van der Waals surface area contributed by atoms with E-state index in [1.807, 2.05) is 0 Å². The second-order valence-electron chi connectivity index (χ2n) is 4.86. The second-order valence-corrected chi connectivity index (χ2v) is 8.07. The summed E-state index contributed by atoms with van der Waals surface area (Å²) in [4.78, 5) is 11.1. The van der Waals surface area contributed by atoms with Crippen LogP contribution in [-0.2, 0) is 14.8 Å². The Morgan fingerprint density at radius 3 is 2.85 bits per heavy atom. The molecule has 8 heteroatoms. The first kappa shape index (κ1) is 15.4. The lowest BCUT2D eigenvalue weighted by Crippen LogP contribution is -2.28. The van der Waals surface area contributed by atoms with E-state index in [-0.39, 0.29) is 15.0 Å². The Labute approximate surface area is 122 Å². The van der Waals surface area contributed by atoms with Crippen LogP contribution in [-0.4, -0.2) is 50.6 Å². The van der Waals surface area contributed by atoms with Crippen LogP contribution in [0.5, 0.6) is 0 Å². The van der Waals surface area contributed by atoms with Crippen molar-refractivity contribution in [3.8, 4) is 0 Å². The molecule has 1 fully saturated rings. The van der Waals surface area contributed by atoms with E-state index in [1.165, 1.54) is 10.4 Å². The van der Waals surface area contributed by atoms with Crippen molar-refractivity contribution in [1.82, 2.24) is 4.31 Å². The molecule has 0 aliphatic carbocycles. The maximum atomic E-state index is 12.5. The highest BCUT2D eigenvalue weighted by Crippen LogP contribution is 2.31. The zero-order valence-corrected chi connectivity index (χ0v) is 13.0. The first-order valence-corrected chi connectivity index (χ1v) is 8.44. The highest BCUT2D eigenvalue weighted by Gasteiger charge is 2.34. The Kier molecular flexibility index (Phi) is 4.48. The third-order valence-electron chi connectivity index (χ3n) is 3.33. The average Bonchev–Trinajstić information content (AvgIpc) is 2.96. The van der Waals surface area contributed by atoms with Gasteiger partial charge in [-0.1, -0.05) is 0 Å². The summed E-state index contributed by atoms with van der Waals surface area (Å²) in [5, 5.41) is 9.01. The standard InChI is InChI=1S/C12H17NO5S2/c1-8-5-10(19-11(8)12(14)15)20(16,17)13-4-3-9(6-13)7-18-2/h5,9H,3-4,6-7H2,1-2H3,(H,14,15). The van der Waals surface area contributed by atoms with Gasteiger partial charge in [-0.2, -0.15) is 4.31 Å². The molecule has 1 atom stereocenters. The van der Waals surface area contributed by atoms with E-state index < -0.39 is 16.0 Å². The SMILES string of the molecule is COCC1CCN(S(=O)(=O)c2cc(C)c(C(=O)O)s2)C1. The van der Waals surface area contributed by atoms with Crippen molar-refractivity contribution < 1.29 is 23.1 Å². The van der Waals surface area contributed by atoms with Crippen LogP contribution in [0.2, 0.25) is 0 Å². The Morgan fingerprint density at radius 2 is 2.30 bits per heavy atom. The van der Waals surface area contributed by atoms with Crippen molar-refractivity contribution in [2.45, 2.75) is 17.6 Å². The zero-order valence-electron chi connectivity index (χ0n) is 11.3. The number of carbonyl (C=O) groups is 1. The molecular formula is C12H17NO5S2. The highest BCUT2D eigenvalue weighted by molar-refractivity contribution is 7.91. The minimum absolute atomic E-state index is 0.0798. The number of rotatable bonds is 5. The minimum Gasteiger partial charge on any atom is -0.477 e. The maximum absolute atomic E-state index is 12.5. The van der Waals surface area contributed by atoms with Crippen LogP contribution < -0.4 is 0 Å². The average molecular weight is 319 g/mol. The number of hydrogen-bond donors (Lipinski definition) is 1. The summed E-state index contributed by atoms with van der Waals surface area (Å²) in [6.45, 7) is 3.03. The molecule has 2 rings (SSSR count). The third-order valence-corrected chi connectivity index (χ3v) is 6.87. The molecule has 0 aromatic carbocycles. The van der Waals surface area contributed by atoms with Gasteiger partial charge in [-0.05, 0) is 30.9 Å². The monoisotopic (exact) mass is 319 g/mol. The number of ether oxygens (including phenoxy) is 1. The van der Waals surface area contributed by atoms with Crippen LogP contribution in [0.4, 0.5) is 0 Å². The smallest absolute Gasteiger partial charge is 0.346 e. The Hall–Kier alpha value is -0.960. The fourth-order valence-corrected chi connectivity index (χ4v) is 5.37. The predicted molar refractivity (Wildman–Crippen MR) is 74.8 cm³/mol. The van der Waals surface area contributed by atoms with E-state index in [9.17, 15) is 13.2 Å². The highest BCUT2D eigenvalue weighted by atomic mass is 32.2. The molecule has 6 nitrogen and oxygen atoms in total. The minimum atomic E-state index is -3.59. The Morgan fingerprint density at radius 1 is 1.60 bits per heavy atom. The topological polar surface area (TPSA) is 83.9 Å². The summed E-state index contributed by atoms with van der Waals surface area (Å²) in [7, 11) is -2.00. The predicted octanol–water partition coefficient (Wildman–Crippen LogP) is 1.41. The van der Waals surface area contributed by atoms with Gasteiger partial charge in [0.2, 0.25) is 0 Å². The van der Waals surface area contributed by atoms with Crippen LogP contribution in [0.25, 0.3) is 0 Å². The summed E-state index contributed by atoms with van der Waals surface area (Å²) >= 11 is 0.816. The molecule has 0 bridgehead atoms. The molecule has 0 radical (unpaired) electrons. The first-order chi connectivity index (χ1) is 9.36. The lowest BCUT2D eigenvalue weighted by molar-refractivity contribution is 0.0701. The maximum Gasteiger partial charge on any atom is 0.346 e. The molecular weight excluding hydrogens is 302 g/mol. The van der Waals surface area contributed by atoms with Gasteiger partial charge in [0.1, 0.15) is 9.09 Å². The molecule has 1 unspecified atom stereocenters. The van der Waals surface area contributed by atoms with Crippen molar-refractivity contribution in [1.29, 1.82) is 0 Å². The van der Waals surface area contributed by atoms with E-state index in [1.54, 1.807) is 14.0 Å². The molecule has 0 spiro atoms. The van der Waals surface area contributed by atoms with E-state index >= 15 is 0 Å². The van der Waals surface area contributed by atoms with Gasteiger partial charge in [-0.25, -0.2) is 13.2 Å². The molecule has 112 valence electrons. The number of sulfonamides is 1. The summed E-state index contributed by atoms with van der Waals surface area (Å²) in [5.74, 6) is -0.887. The fraction of sp³-hybridized carbons (Fsp3) is 0.583. The van der Waals surface area contributed by atoms with E-state index in [2.05, 4.69) is 0 Å². The summed E-state index contributed by atoms with van der Waals surface area (Å²) < 4.78 is 31.5. The zero-order chi connectivity index (χ0) is 14.9. The van der Waals surface area contributed by atoms with Gasteiger partial charge in [0.05, 0.1) is 6.61 Å². The van der Waals surface area contributed by atoms with Crippen molar-refractivity contribution in [3.63, 3.8) is 0 Å². The summed E-state index contributed by atoms with van der Waals surface area (Å²) in [5.41, 5.74) is 0.480. The van der Waals surface area contributed by atoms with Gasteiger partial charge < -0.3 is 9.84 Å². The lowest BCUT2D eigenvalue weighted by Gasteiger charge is -2.15. The van der Waals surface area contributed by atoms with E-state index in [0.717, 1.165) is 17.8 Å². The number of hydrogen-bond acceptors (Lipinski definition) is 5. The summed E-state index contributed by atoms with van der Waals surface area (Å²) in [6, 6.07) is 1.44. The van der Waals surface area contributed by atoms with E-state index in [4.69, 9.17) is 9.84 Å². The first-order valence-electron chi connectivity index (χ1n) is 6.19. The molecule has 1 N–H and O–H groups in total. The molecule has 1 aliphatic heterocycles. The molecule has 1 saturated heterocycles. The second kappa shape index (κ2) is 5.80. The van der Waals surface area contributed by atoms with Gasteiger partial charge in [-0.15, -0.1) is 11.3 Å². The Balaban J connectivity index is 2.23. The number of carboxylic acid groups (broad SMARTS) is 1. The number of aryl methyl sites for hydroxylation is 1. The fourth-order valence-electron chi connectivity index (χ4n) is 2.31.